The van der Waals surface area contributed by atoms with Crippen molar-refractivity contribution in [1.82, 2.24) is 14.9 Å². The monoisotopic (exact) mass is 438 g/mol. The zero-order chi connectivity index (χ0) is 22.5. The molecular weight excluding hydrogens is 404 g/mol. The lowest BCUT2D eigenvalue weighted by molar-refractivity contribution is 0.122. The predicted molar refractivity (Wildman–Crippen MR) is 130 cm³/mol. The van der Waals surface area contributed by atoms with Gasteiger partial charge in [0.05, 0.1) is 20.3 Å². The second kappa shape index (κ2) is 10.2. The Balaban J connectivity index is 1.65. The Bertz CT molecular complexity index is 919. The molecule has 0 radical (unpaired) electrons. The minimum Gasteiger partial charge on any atom is -0.497 e. The topological polar surface area (TPSA) is 80.0 Å². The highest BCUT2D eigenvalue weighted by molar-refractivity contribution is 5.79. The fourth-order valence-electron chi connectivity index (χ4n) is 4.26. The van der Waals surface area contributed by atoms with Crippen molar-refractivity contribution in [2.75, 3.05) is 76.1 Å². The van der Waals surface area contributed by atoms with Crippen LogP contribution in [0.5, 0.6) is 5.75 Å². The van der Waals surface area contributed by atoms with E-state index in [0.29, 0.717) is 30.8 Å². The molecule has 0 bridgehead atoms. The molecule has 32 heavy (non-hydrogen) atoms. The molecule has 1 aromatic carbocycles. The van der Waals surface area contributed by atoms with Crippen molar-refractivity contribution < 1.29 is 9.47 Å². The van der Waals surface area contributed by atoms with Gasteiger partial charge in [0, 0.05) is 26.2 Å². The molecule has 0 spiro atoms. The number of likely N-dealkylation sites (tertiary alicyclic amines) is 1. The summed E-state index contributed by atoms with van der Waals surface area (Å²) in [5.41, 5.74) is 8.37. The fourth-order valence-corrected chi connectivity index (χ4v) is 4.26. The van der Waals surface area contributed by atoms with Gasteiger partial charge in [0.1, 0.15) is 11.4 Å². The maximum absolute atomic E-state index is 6.66. The molecule has 3 heterocycles. The average Bonchev–Trinajstić information content (AvgIpc) is 2.84. The summed E-state index contributed by atoms with van der Waals surface area (Å²) in [6, 6.07) is 8.34. The predicted octanol–water partition coefficient (Wildman–Crippen LogP) is 2.60. The van der Waals surface area contributed by atoms with Crippen LogP contribution in [0.1, 0.15) is 24.2 Å². The van der Waals surface area contributed by atoms with Crippen molar-refractivity contribution in [3.05, 3.63) is 35.7 Å². The van der Waals surface area contributed by atoms with Gasteiger partial charge < -0.3 is 29.9 Å². The van der Waals surface area contributed by atoms with E-state index < -0.39 is 0 Å². The third-order valence-corrected chi connectivity index (χ3v) is 6.34. The van der Waals surface area contributed by atoms with E-state index in [-0.39, 0.29) is 0 Å². The zero-order valence-corrected chi connectivity index (χ0v) is 19.3. The standard InChI is InChI=1S/C24H34N6O2/c1-28-12-10-19(11-13-28)29(2)23-22(25)24(30-14-16-32-17-15-30)27-21(26-23)9-6-18-4-7-20(31-3)8-5-18/h4-9,19H,10-17,25H2,1-3H3/b9-6+. The molecular formula is C24H34N6O2. The van der Waals surface area contributed by atoms with Crippen LogP contribution in [0.15, 0.2) is 24.3 Å². The molecule has 0 aliphatic carbocycles. The summed E-state index contributed by atoms with van der Waals surface area (Å²) in [6.07, 6.45) is 6.17. The summed E-state index contributed by atoms with van der Waals surface area (Å²) < 4.78 is 10.8. The molecule has 1 aromatic heterocycles. The molecule has 172 valence electrons. The number of piperidine rings is 1. The lowest BCUT2D eigenvalue weighted by Gasteiger charge is -2.37. The third-order valence-electron chi connectivity index (χ3n) is 6.34. The van der Waals surface area contributed by atoms with Gasteiger partial charge in [-0.3, -0.25) is 0 Å². The average molecular weight is 439 g/mol. The van der Waals surface area contributed by atoms with Gasteiger partial charge in [0.2, 0.25) is 0 Å². The fraction of sp³-hybridized carbons (Fsp3) is 0.500. The minimum atomic E-state index is 0.416. The van der Waals surface area contributed by atoms with Crippen LogP contribution < -0.4 is 20.3 Å². The van der Waals surface area contributed by atoms with Crippen molar-refractivity contribution >= 4 is 29.5 Å². The quantitative estimate of drug-likeness (QED) is 0.737. The summed E-state index contributed by atoms with van der Waals surface area (Å²) in [4.78, 5) is 16.5. The molecule has 8 heteroatoms. The SMILES string of the molecule is COc1ccc(/C=C/c2nc(N3CCOCC3)c(N)c(N(C)C3CCN(C)CC3)n2)cc1. The van der Waals surface area contributed by atoms with Crippen LogP contribution in [-0.4, -0.2) is 81.5 Å². The van der Waals surface area contributed by atoms with E-state index in [1.165, 1.54) is 0 Å². The van der Waals surface area contributed by atoms with Crippen LogP contribution in [0.25, 0.3) is 12.2 Å². The van der Waals surface area contributed by atoms with E-state index in [2.05, 4.69) is 28.8 Å². The molecule has 2 aromatic rings. The second-order valence-electron chi connectivity index (χ2n) is 8.49. The lowest BCUT2D eigenvalue weighted by Crippen LogP contribution is -2.43. The maximum Gasteiger partial charge on any atom is 0.158 e. The number of nitrogens with two attached hydrogens (primary N) is 1. The van der Waals surface area contributed by atoms with Crippen molar-refractivity contribution in [1.29, 1.82) is 0 Å². The number of ether oxygens (including phenoxy) is 2. The smallest absolute Gasteiger partial charge is 0.158 e. The number of aromatic nitrogens is 2. The van der Waals surface area contributed by atoms with Crippen molar-refractivity contribution in [3.63, 3.8) is 0 Å². The van der Waals surface area contributed by atoms with E-state index in [1.54, 1.807) is 7.11 Å². The Morgan fingerprint density at radius 2 is 1.75 bits per heavy atom. The maximum atomic E-state index is 6.66. The summed E-state index contributed by atoms with van der Waals surface area (Å²) in [6.45, 7) is 5.09. The van der Waals surface area contributed by atoms with Crippen LogP contribution in [0.2, 0.25) is 0 Å². The second-order valence-corrected chi connectivity index (χ2v) is 8.49. The Labute approximate surface area is 190 Å². The number of nitrogens with zero attached hydrogens (tertiary/aromatic N) is 5. The Morgan fingerprint density at radius 1 is 1.06 bits per heavy atom. The van der Waals surface area contributed by atoms with Gasteiger partial charge in [0.15, 0.2) is 17.5 Å². The first-order valence-electron chi connectivity index (χ1n) is 11.3. The molecule has 2 aliphatic rings. The van der Waals surface area contributed by atoms with Crippen molar-refractivity contribution in [2.45, 2.75) is 18.9 Å². The van der Waals surface area contributed by atoms with E-state index in [9.17, 15) is 0 Å². The van der Waals surface area contributed by atoms with Gasteiger partial charge in [-0.15, -0.1) is 0 Å². The van der Waals surface area contributed by atoms with Crippen LogP contribution in [-0.2, 0) is 4.74 Å². The van der Waals surface area contributed by atoms with Gasteiger partial charge in [-0.05, 0) is 56.8 Å². The summed E-state index contributed by atoms with van der Waals surface area (Å²) in [5.74, 6) is 3.10. The summed E-state index contributed by atoms with van der Waals surface area (Å²) >= 11 is 0. The lowest BCUT2D eigenvalue weighted by atomic mass is 10.0. The van der Waals surface area contributed by atoms with Gasteiger partial charge >= 0.3 is 0 Å². The normalized spacial score (nSPS) is 18.3. The Morgan fingerprint density at radius 3 is 2.41 bits per heavy atom. The van der Waals surface area contributed by atoms with E-state index in [4.69, 9.17) is 25.2 Å². The molecule has 0 saturated carbocycles. The minimum absolute atomic E-state index is 0.416. The van der Waals surface area contributed by atoms with E-state index in [0.717, 1.165) is 62.0 Å². The molecule has 2 saturated heterocycles. The van der Waals surface area contributed by atoms with Gasteiger partial charge in [-0.1, -0.05) is 18.2 Å². The zero-order valence-electron chi connectivity index (χ0n) is 19.3. The largest absolute Gasteiger partial charge is 0.497 e. The van der Waals surface area contributed by atoms with Crippen LogP contribution in [0.4, 0.5) is 17.3 Å². The molecule has 4 rings (SSSR count). The first-order valence-corrected chi connectivity index (χ1v) is 11.3. The van der Waals surface area contributed by atoms with Gasteiger partial charge in [-0.25, -0.2) is 9.97 Å². The van der Waals surface area contributed by atoms with Crippen LogP contribution in [0.3, 0.4) is 0 Å². The number of morpholine rings is 1. The highest BCUT2D eigenvalue weighted by Crippen LogP contribution is 2.33. The van der Waals surface area contributed by atoms with Gasteiger partial charge in [-0.2, -0.15) is 0 Å². The first kappa shape index (κ1) is 22.4. The van der Waals surface area contributed by atoms with Crippen LogP contribution in [0, 0.1) is 0 Å². The summed E-state index contributed by atoms with van der Waals surface area (Å²) in [5, 5.41) is 0. The molecule has 0 atom stereocenters. The first-order chi connectivity index (χ1) is 15.5. The third kappa shape index (κ3) is 5.14. The highest BCUT2D eigenvalue weighted by Gasteiger charge is 2.26. The highest BCUT2D eigenvalue weighted by atomic mass is 16.5. The van der Waals surface area contributed by atoms with Crippen LogP contribution >= 0.6 is 0 Å². The molecule has 2 fully saturated rings. The molecule has 8 nitrogen and oxygen atoms in total. The van der Waals surface area contributed by atoms with E-state index >= 15 is 0 Å². The summed E-state index contributed by atoms with van der Waals surface area (Å²) in [7, 11) is 5.95. The number of hydrogen-bond donors (Lipinski definition) is 1. The molecule has 0 amide bonds. The molecule has 2 aliphatic heterocycles. The molecule has 2 N–H and O–H groups in total. The Hall–Kier alpha value is -2.84. The van der Waals surface area contributed by atoms with E-state index in [1.807, 2.05) is 36.4 Å². The number of rotatable bonds is 6. The number of hydrogen-bond acceptors (Lipinski definition) is 8. The van der Waals surface area contributed by atoms with Crippen molar-refractivity contribution in [3.8, 4) is 5.75 Å². The Kier molecular flexibility index (Phi) is 7.12. The number of benzene rings is 1. The molecule has 0 unspecified atom stereocenters. The van der Waals surface area contributed by atoms with Gasteiger partial charge in [0.25, 0.3) is 0 Å². The number of nitrogen functional groups attached to an aromatic ring is 1. The van der Waals surface area contributed by atoms with Crippen molar-refractivity contribution in [2.24, 2.45) is 0 Å². The number of methoxy groups -OCH3 is 1. The number of anilines is 3.